The predicted octanol–water partition coefficient (Wildman–Crippen LogP) is 1.75. The summed E-state index contributed by atoms with van der Waals surface area (Å²) in [5.74, 6) is 0.443. The van der Waals surface area contributed by atoms with Crippen LogP contribution in [-0.2, 0) is 9.47 Å². The van der Waals surface area contributed by atoms with Gasteiger partial charge in [-0.15, -0.1) is 0 Å². The molecule has 2 atom stereocenters. The summed E-state index contributed by atoms with van der Waals surface area (Å²) >= 11 is 0. The lowest BCUT2D eigenvalue weighted by Gasteiger charge is -2.36. The van der Waals surface area contributed by atoms with Crippen molar-refractivity contribution in [3.63, 3.8) is 0 Å². The van der Waals surface area contributed by atoms with Crippen LogP contribution in [-0.4, -0.2) is 48.4 Å². The van der Waals surface area contributed by atoms with Gasteiger partial charge < -0.3 is 20.1 Å². The standard InChI is InChI=1S/C14H26N2O3/c1-14(2,3)19-13(17)16-7-4-11(15)12(16)10-5-8-18-9-6-10/h10-12H,4-9,15H2,1-3H3/t11-,12+/m1/s1. The van der Waals surface area contributed by atoms with E-state index in [-0.39, 0.29) is 18.2 Å². The van der Waals surface area contributed by atoms with E-state index in [1.807, 2.05) is 25.7 Å². The highest BCUT2D eigenvalue weighted by Crippen LogP contribution is 2.31. The van der Waals surface area contributed by atoms with Crippen LogP contribution in [0.1, 0.15) is 40.0 Å². The lowest BCUT2D eigenvalue weighted by atomic mass is 9.88. The zero-order chi connectivity index (χ0) is 14.0. The number of rotatable bonds is 1. The first-order valence-electron chi connectivity index (χ1n) is 7.21. The molecule has 0 aromatic carbocycles. The molecule has 0 aromatic rings. The van der Waals surface area contributed by atoms with Crippen molar-refractivity contribution in [3.8, 4) is 0 Å². The SMILES string of the molecule is CC(C)(C)OC(=O)N1CC[C@@H](N)[C@@H]1C1CCOCC1. The van der Waals surface area contributed by atoms with Crippen LogP contribution >= 0.6 is 0 Å². The van der Waals surface area contributed by atoms with E-state index in [4.69, 9.17) is 15.2 Å². The zero-order valence-electron chi connectivity index (χ0n) is 12.2. The summed E-state index contributed by atoms with van der Waals surface area (Å²) in [4.78, 5) is 14.1. The van der Waals surface area contributed by atoms with Crippen LogP contribution in [0.3, 0.4) is 0 Å². The Balaban J connectivity index is 2.04. The van der Waals surface area contributed by atoms with Crippen molar-refractivity contribution >= 4 is 6.09 Å². The Bertz CT molecular complexity index is 321. The van der Waals surface area contributed by atoms with Crippen molar-refractivity contribution in [2.75, 3.05) is 19.8 Å². The minimum absolute atomic E-state index is 0.0654. The molecule has 2 heterocycles. The molecule has 0 radical (unpaired) electrons. The summed E-state index contributed by atoms with van der Waals surface area (Å²) in [5.41, 5.74) is 5.76. The number of carbonyl (C=O) groups is 1. The molecule has 0 bridgehead atoms. The van der Waals surface area contributed by atoms with Crippen molar-refractivity contribution < 1.29 is 14.3 Å². The summed E-state index contributed by atoms with van der Waals surface area (Å²) < 4.78 is 10.9. The summed E-state index contributed by atoms with van der Waals surface area (Å²) in [6.45, 7) is 7.93. The van der Waals surface area contributed by atoms with Crippen LogP contribution < -0.4 is 5.73 Å². The van der Waals surface area contributed by atoms with Gasteiger partial charge in [-0.1, -0.05) is 0 Å². The fourth-order valence-corrected chi connectivity index (χ4v) is 3.03. The molecule has 2 N–H and O–H groups in total. The Morgan fingerprint density at radius 3 is 2.47 bits per heavy atom. The number of ether oxygens (including phenoxy) is 2. The minimum Gasteiger partial charge on any atom is -0.444 e. The van der Waals surface area contributed by atoms with Gasteiger partial charge in [-0.05, 0) is 46.0 Å². The second-order valence-corrected chi connectivity index (χ2v) is 6.57. The molecule has 2 aliphatic heterocycles. The van der Waals surface area contributed by atoms with Gasteiger partial charge in [0, 0.05) is 25.8 Å². The maximum Gasteiger partial charge on any atom is 0.410 e. The van der Waals surface area contributed by atoms with Crippen molar-refractivity contribution in [2.24, 2.45) is 11.7 Å². The van der Waals surface area contributed by atoms with Gasteiger partial charge in [0.15, 0.2) is 0 Å². The zero-order valence-corrected chi connectivity index (χ0v) is 12.2. The first kappa shape index (κ1) is 14.6. The van der Waals surface area contributed by atoms with Gasteiger partial charge in [0.2, 0.25) is 0 Å². The van der Waals surface area contributed by atoms with E-state index in [0.29, 0.717) is 12.5 Å². The number of carbonyl (C=O) groups excluding carboxylic acids is 1. The molecule has 2 fully saturated rings. The largest absolute Gasteiger partial charge is 0.444 e. The molecular formula is C14H26N2O3. The molecule has 110 valence electrons. The van der Waals surface area contributed by atoms with Crippen LogP contribution in [0.15, 0.2) is 0 Å². The Hall–Kier alpha value is -0.810. The van der Waals surface area contributed by atoms with Crippen LogP contribution in [0.25, 0.3) is 0 Å². The molecule has 0 unspecified atom stereocenters. The number of nitrogens with zero attached hydrogens (tertiary/aromatic N) is 1. The average molecular weight is 270 g/mol. The molecule has 2 aliphatic rings. The van der Waals surface area contributed by atoms with Crippen LogP contribution in [0.5, 0.6) is 0 Å². The maximum atomic E-state index is 12.3. The Morgan fingerprint density at radius 1 is 1.26 bits per heavy atom. The predicted molar refractivity (Wildman–Crippen MR) is 72.9 cm³/mol. The molecule has 1 amide bonds. The molecule has 2 rings (SSSR count). The topological polar surface area (TPSA) is 64.8 Å². The molecule has 5 heteroatoms. The first-order chi connectivity index (χ1) is 8.88. The molecule has 2 saturated heterocycles. The normalized spacial score (nSPS) is 29.6. The van der Waals surface area contributed by atoms with Crippen molar-refractivity contribution in [2.45, 2.75) is 57.7 Å². The first-order valence-corrected chi connectivity index (χ1v) is 7.21. The van der Waals surface area contributed by atoms with Gasteiger partial charge in [0.05, 0.1) is 6.04 Å². The highest BCUT2D eigenvalue weighted by atomic mass is 16.6. The van der Waals surface area contributed by atoms with Crippen molar-refractivity contribution in [3.05, 3.63) is 0 Å². The number of nitrogens with two attached hydrogens (primary N) is 1. The summed E-state index contributed by atoms with van der Waals surface area (Å²) in [6.07, 6.45) is 2.60. The van der Waals surface area contributed by atoms with Crippen LogP contribution in [0, 0.1) is 5.92 Å². The third kappa shape index (κ3) is 3.60. The number of amides is 1. The molecule has 0 aliphatic carbocycles. The van der Waals surface area contributed by atoms with Crippen LogP contribution in [0.2, 0.25) is 0 Å². The molecule has 0 spiro atoms. The van der Waals surface area contributed by atoms with E-state index in [9.17, 15) is 4.79 Å². The van der Waals surface area contributed by atoms with Gasteiger partial charge >= 0.3 is 6.09 Å². The maximum absolute atomic E-state index is 12.3. The quantitative estimate of drug-likeness (QED) is 0.788. The van der Waals surface area contributed by atoms with Crippen LogP contribution in [0.4, 0.5) is 4.79 Å². The average Bonchev–Trinajstić information content (AvgIpc) is 2.70. The van der Waals surface area contributed by atoms with Gasteiger partial charge in [0.1, 0.15) is 5.60 Å². The van der Waals surface area contributed by atoms with E-state index in [1.54, 1.807) is 0 Å². The number of hydrogen-bond donors (Lipinski definition) is 1. The lowest BCUT2D eigenvalue weighted by Crippen LogP contribution is -2.50. The molecule has 0 aromatic heterocycles. The summed E-state index contributed by atoms with van der Waals surface area (Å²) in [5, 5.41) is 0. The van der Waals surface area contributed by atoms with Gasteiger partial charge in [-0.25, -0.2) is 4.79 Å². The van der Waals surface area contributed by atoms with E-state index >= 15 is 0 Å². The number of likely N-dealkylation sites (tertiary alicyclic amines) is 1. The third-order valence-corrected chi connectivity index (χ3v) is 3.88. The second-order valence-electron chi connectivity index (χ2n) is 6.57. The smallest absolute Gasteiger partial charge is 0.410 e. The Kier molecular flexibility index (Phi) is 4.36. The second kappa shape index (κ2) is 5.67. The monoisotopic (exact) mass is 270 g/mol. The molecule has 5 nitrogen and oxygen atoms in total. The van der Waals surface area contributed by atoms with E-state index < -0.39 is 5.60 Å². The van der Waals surface area contributed by atoms with Crippen molar-refractivity contribution in [1.82, 2.24) is 4.90 Å². The van der Waals surface area contributed by atoms with E-state index in [1.165, 1.54) is 0 Å². The third-order valence-electron chi connectivity index (χ3n) is 3.88. The Labute approximate surface area is 115 Å². The van der Waals surface area contributed by atoms with Gasteiger partial charge in [-0.2, -0.15) is 0 Å². The minimum atomic E-state index is -0.454. The van der Waals surface area contributed by atoms with Gasteiger partial charge in [0.25, 0.3) is 0 Å². The fourth-order valence-electron chi connectivity index (χ4n) is 3.03. The molecule has 0 saturated carbocycles. The lowest BCUT2D eigenvalue weighted by molar-refractivity contribution is 0.00111. The van der Waals surface area contributed by atoms with Gasteiger partial charge in [-0.3, -0.25) is 0 Å². The molecule has 19 heavy (non-hydrogen) atoms. The molecular weight excluding hydrogens is 244 g/mol. The summed E-state index contributed by atoms with van der Waals surface area (Å²) in [7, 11) is 0. The van der Waals surface area contributed by atoms with Crippen molar-refractivity contribution in [1.29, 1.82) is 0 Å². The Morgan fingerprint density at radius 2 is 1.89 bits per heavy atom. The fraction of sp³-hybridized carbons (Fsp3) is 0.929. The highest BCUT2D eigenvalue weighted by molar-refractivity contribution is 5.69. The van der Waals surface area contributed by atoms with E-state index in [0.717, 1.165) is 32.5 Å². The van der Waals surface area contributed by atoms with E-state index in [2.05, 4.69) is 0 Å². The highest BCUT2D eigenvalue weighted by Gasteiger charge is 2.42. The number of hydrogen-bond acceptors (Lipinski definition) is 4. The summed E-state index contributed by atoms with van der Waals surface area (Å²) in [6, 6.07) is 0.175.